The monoisotopic (exact) mass is 347 g/mol. The maximum Gasteiger partial charge on any atom is 0.324 e. The quantitative estimate of drug-likeness (QED) is 0.820. The van der Waals surface area contributed by atoms with Gasteiger partial charge in [0.2, 0.25) is 5.91 Å². The Morgan fingerprint density at radius 1 is 1.42 bits per heavy atom. The van der Waals surface area contributed by atoms with Crippen molar-refractivity contribution in [2.45, 2.75) is 17.3 Å². The van der Waals surface area contributed by atoms with E-state index in [2.05, 4.69) is 15.5 Å². The van der Waals surface area contributed by atoms with Crippen LogP contribution in [0, 0.1) is 0 Å². The summed E-state index contributed by atoms with van der Waals surface area (Å²) in [7, 11) is 1.59. The van der Waals surface area contributed by atoms with E-state index in [0.29, 0.717) is 24.0 Å². The maximum atomic E-state index is 12.4. The van der Waals surface area contributed by atoms with Gasteiger partial charge in [-0.2, -0.15) is 0 Å². The fourth-order valence-corrected chi connectivity index (χ4v) is 3.31. The van der Waals surface area contributed by atoms with Crippen molar-refractivity contribution >= 4 is 23.7 Å². The average Bonchev–Trinajstić information content (AvgIpc) is 3.23. The molecule has 3 rings (SSSR count). The fraction of sp³-hybridized carbons (Fsp3) is 0.333. The van der Waals surface area contributed by atoms with E-state index in [9.17, 15) is 9.59 Å². The first-order chi connectivity index (χ1) is 11.6. The van der Waals surface area contributed by atoms with Gasteiger partial charge in [-0.25, -0.2) is 4.79 Å². The van der Waals surface area contributed by atoms with E-state index >= 15 is 0 Å². The number of imide groups is 1. The molecule has 2 aromatic rings. The number of nitrogens with one attached hydrogen (secondary N) is 1. The highest BCUT2D eigenvalue weighted by Gasteiger charge is 2.31. The lowest BCUT2D eigenvalue weighted by Gasteiger charge is -2.17. The summed E-state index contributed by atoms with van der Waals surface area (Å²) in [5.74, 6) is 0.432. The van der Waals surface area contributed by atoms with Crippen molar-refractivity contribution in [3.63, 3.8) is 0 Å². The van der Waals surface area contributed by atoms with E-state index in [-0.39, 0.29) is 11.9 Å². The Bertz CT molecular complexity index is 763. The summed E-state index contributed by atoms with van der Waals surface area (Å²) in [6.07, 6.45) is 1.57. The van der Waals surface area contributed by atoms with Crippen LogP contribution in [0.1, 0.15) is 6.92 Å². The van der Waals surface area contributed by atoms with Crippen LogP contribution in [0.2, 0.25) is 0 Å². The number of methoxy groups -OCH3 is 1. The summed E-state index contributed by atoms with van der Waals surface area (Å²) >= 11 is 1.25. The van der Waals surface area contributed by atoms with Crippen molar-refractivity contribution in [2.75, 3.05) is 20.2 Å². The topological polar surface area (TPSA) is 89.3 Å². The SMILES string of the molecule is COc1ccccc1-n1cnnc1SC(C)C(=O)N1CCNC1=O. The number of benzene rings is 1. The van der Waals surface area contributed by atoms with Crippen molar-refractivity contribution in [3.8, 4) is 11.4 Å². The van der Waals surface area contributed by atoms with Gasteiger partial charge in [0.15, 0.2) is 5.16 Å². The number of thioether (sulfide) groups is 1. The Morgan fingerprint density at radius 2 is 2.21 bits per heavy atom. The lowest BCUT2D eigenvalue weighted by atomic mass is 10.3. The lowest BCUT2D eigenvalue weighted by Crippen LogP contribution is -2.39. The van der Waals surface area contributed by atoms with Crippen molar-refractivity contribution in [1.29, 1.82) is 0 Å². The largest absolute Gasteiger partial charge is 0.495 e. The Hall–Kier alpha value is -2.55. The third-order valence-corrected chi connectivity index (χ3v) is 4.66. The zero-order valence-corrected chi connectivity index (χ0v) is 14.1. The molecule has 1 saturated heterocycles. The fourth-order valence-electron chi connectivity index (χ4n) is 2.41. The lowest BCUT2D eigenvalue weighted by molar-refractivity contribution is -0.126. The number of ether oxygens (including phenoxy) is 1. The van der Waals surface area contributed by atoms with Gasteiger partial charge in [-0.15, -0.1) is 10.2 Å². The van der Waals surface area contributed by atoms with E-state index in [1.54, 1.807) is 24.9 Å². The van der Waals surface area contributed by atoms with Crippen LogP contribution in [-0.4, -0.2) is 57.1 Å². The molecule has 0 bridgehead atoms. The number of carbonyl (C=O) groups is 2. The van der Waals surface area contributed by atoms with Crippen molar-refractivity contribution < 1.29 is 14.3 Å². The molecule has 0 spiro atoms. The predicted molar refractivity (Wildman–Crippen MR) is 88.3 cm³/mol. The highest BCUT2D eigenvalue weighted by atomic mass is 32.2. The first-order valence-electron chi connectivity index (χ1n) is 7.41. The van der Waals surface area contributed by atoms with Crippen LogP contribution in [-0.2, 0) is 4.79 Å². The van der Waals surface area contributed by atoms with Crippen LogP contribution in [0.5, 0.6) is 5.75 Å². The van der Waals surface area contributed by atoms with Crippen LogP contribution in [0.4, 0.5) is 4.79 Å². The minimum absolute atomic E-state index is 0.246. The van der Waals surface area contributed by atoms with E-state index in [1.165, 1.54) is 16.7 Å². The summed E-state index contributed by atoms with van der Waals surface area (Å²) in [5.41, 5.74) is 0.783. The molecule has 1 aliphatic heterocycles. The summed E-state index contributed by atoms with van der Waals surface area (Å²) in [4.78, 5) is 25.3. The molecule has 1 fully saturated rings. The summed E-state index contributed by atoms with van der Waals surface area (Å²) < 4.78 is 7.12. The Morgan fingerprint density at radius 3 is 2.92 bits per heavy atom. The molecule has 1 aliphatic rings. The molecule has 1 unspecified atom stereocenters. The third-order valence-electron chi connectivity index (χ3n) is 3.61. The number of para-hydroxylation sites is 2. The van der Waals surface area contributed by atoms with Gasteiger partial charge in [-0.05, 0) is 19.1 Å². The minimum Gasteiger partial charge on any atom is -0.495 e. The predicted octanol–water partition coefficient (Wildman–Crippen LogP) is 1.31. The number of urea groups is 1. The Labute approximate surface area is 143 Å². The number of aromatic nitrogens is 3. The Balaban J connectivity index is 1.81. The molecule has 3 amide bonds. The molecule has 1 aromatic heterocycles. The van der Waals surface area contributed by atoms with Crippen LogP contribution in [0.3, 0.4) is 0 Å². The van der Waals surface area contributed by atoms with Gasteiger partial charge in [0.1, 0.15) is 12.1 Å². The molecule has 8 nitrogen and oxygen atoms in total. The van der Waals surface area contributed by atoms with Crippen molar-refractivity contribution in [1.82, 2.24) is 25.0 Å². The van der Waals surface area contributed by atoms with Crippen molar-refractivity contribution in [3.05, 3.63) is 30.6 Å². The normalized spacial score (nSPS) is 15.2. The Kier molecular flexibility index (Phi) is 4.70. The van der Waals surface area contributed by atoms with Gasteiger partial charge < -0.3 is 10.1 Å². The molecule has 0 saturated carbocycles. The van der Waals surface area contributed by atoms with Crippen LogP contribution in [0.25, 0.3) is 5.69 Å². The molecule has 1 atom stereocenters. The molecular formula is C15H17N5O3S. The van der Waals surface area contributed by atoms with Gasteiger partial charge in [0.25, 0.3) is 0 Å². The van der Waals surface area contributed by atoms with Gasteiger partial charge in [-0.3, -0.25) is 14.3 Å². The van der Waals surface area contributed by atoms with Gasteiger partial charge in [-0.1, -0.05) is 23.9 Å². The van der Waals surface area contributed by atoms with Gasteiger partial charge in [0, 0.05) is 13.1 Å². The van der Waals surface area contributed by atoms with E-state index < -0.39 is 5.25 Å². The van der Waals surface area contributed by atoms with E-state index in [1.807, 2.05) is 24.3 Å². The number of hydrogen-bond acceptors (Lipinski definition) is 6. The molecule has 126 valence electrons. The minimum atomic E-state index is -0.466. The van der Waals surface area contributed by atoms with Crippen LogP contribution in [0.15, 0.2) is 35.7 Å². The first-order valence-corrected chi connectivity index (χ1v) is 8.29. The van der Waals surface area contributed by atoms with Crippen LogP contribution < -0.4 is 10.1 Å². The van der Waals surface area contributed by atoms with E-state index in [0.717, 1.165) is 5.69 Å². The first kappa shape index (κ1) is 16.3. The zero-order chi connectivity index (χ0) is 17.1. The highest BCUT2D eigenvalue weighted by molar-refractivity contribution is 8.00. The summed E-state index contributed by atoms with van der Waals surface area (Å²) in [5, 5.41) is 10.7. The second kappa shape index (κ2) is 6.91. The number of hydrogen-bond donors (Lipinski definition) is 1. The maximum absolute atomic E-state index is 12.4. The number of nitrogens with zero attached hydrogens (tertiary/aromatic N) is 4. The second-order valence-electron chi connectivity index (χ2n) is 5.14. The smallest absolute Gasteiger partial charge is 0.324 e. The third kappa shape index (κ3) is 3.07. The zero-order valence-electron chi connectivity index (χ0n) is 13.3. The van der Waals surface area contributed by atoms with Crippen molar-refractivity contribution in [2.24, 2.45) is 0 Å². The standard InChI is InChI=1S/C15H17N5O3S/c1-10(13(21)19-8-7-16-14(19)22)24-15-18-17-9-20(15)11-5-3-4-6-12(11)23-2/h3-6,9-10H,7-8H2,1-2H3,(H,16,22). The number of rotatable bonds is 5. The van der Waals surface area contributed by atoms with E-state index in [4.69, 9.17) is 4.74 Å². The molecule has 9 heteroatoms. The molecule has 2 heterocycles. The number of amides is 3. The summed E-state index contributed by atoms with van der Waals surface area (Å²) in [6.45, 7) is 2.63. The molecule has 0 aliphatic carbocycles. The van der Waals surface area contributed by atoms with Gasteiger partial charge in [0.05, 0.1) is 18.0 Å². The molecule has 24 heavy (non-hydrogen) atoms. The molecular weight excluding hydrogens is 330 g/mol. The van der Waals surface area contributed by atoms with Crippen LogP contribution >= 0.6 is 11.8 Å². The average molecular weight is 347 g/mol. The van der Waals surface area contributed by atoms with Gasteiger partial charge >= 0.3 is 6.03 Å². The summed E-state index contributed by atoms with van der Waals surface area (Å²) in [6, 6.07) is 7.13. The molecule has 1 aromatic carbocycles. The highest BCUT2D eigenvalue weighted by Crippen LogP contribution is 2.29. The second-order valence-corrected chi connectivity index (χ2v) is 6.45. The molecule has 0 radical (unpaired) electrons. The molecule has 1 N–H and O–H groups in total. The number of carbonyl (C=O) groups excluding carboxylic acids is 2.